The van der Waals surface area contributed by atoms with E-state index in [1.807, 2.05) is 59.1 Å². The zero-order valence-electron chi connectivity index (χ0n) is 27.3. The Balaban J connectivity index is 0.984. The maximum atomic E-state index is 10.7. The molecular weight excluding hydrogens is 623 g/mol. The quantitative estimate of drug-likeness (QED) is 0.182. The Hall–Kier alpha value is -6.26. The molecule has 0 aliphatic carbocycles. The second-order valence-electron chi connectivity index (χ2n) is 12.8. The van der Waals surface area contributed by atoms with Crippen LogP contribution in [0.15, 0.2) is 128 Å². The highest BCUT2D eigenvalue weighted by molar-refractivity contribution is 5.97. The zero-order valence-corrected chi connectivity index (χ0v) is 27.3. The maximum Gasteiger partial charge on any atom is 0.280 e. The minimum Gasteiger partial charge on any atom is -0.504 e. The zero-order chi connectivity index (χ0) is 33.4. The third-order valence-electron chi connectivity index (χ3n) is 9.62. The highest BCUT2D eigenvalue weighted by Crippen LogP contribution is 2.35. The molecule has 0 bridgehead atoms. The van der Waals surface area contributed by atoms with Crippen molar-refractivity contribution in [1.29, 1.82) is 0 Å². The fraction of sp³-hybridized carbons (Fsp3) is 0.150. The van der Waals surface area contributed by atoms with Crippen LogP contribution in [0.1, 0.15) is 30.1 Å². The van der Waals surface area contributed by atoms with Gasteiger partial charge in [-0.05, 0) is 73.5 Å². The number of hydrogen-bond acceptors (Lipinski definition) is 7. The minimum atomic E-state index is 0.164. The van der Waals surface area contributed by atoms with Gasteiger partial charge >= 0.3 is 0 Å². The van der Waals surface area contributed by atoms with Gasteiger partial charge < -0.3 is 5.11 Å². The van der Waals surface area contributed by atoms with Gasteiger partial charge in [0.05, 0.1) is 22.8 Å². The largest absolute Gasteiger partial charge is 0.504 e. The number of para-hydroxylation sites is 2. The molecule has 0 spiro atoms. The number of H-pyrrole nitrogens is 1. The molecule has 1 aliphatic rings. The van der Waals surface area contributed by atoms with Crippen LogP contribution in [0.5, 0.6) is 5.75 Å². The Labute approximate surface area is 288 Å². The predicted molar refractivity (Wildman–Crippen MR) is 191 cm³/mol. The summed E-state index contributed by atoms with van der Waals surface area (Å²) in [5.74, 6) is 2.14. The second kappa shape index (κ2) is 12.6. The monoisotopic (exact) mass is 656 g/mol. The maximum absolute atomic E-state index is 10.7. The first-order valence-corrected chi connectivity index (χ1v) is 16.9. The van der Waals surface area contributed by atoms with Crippen molar-refractivity contribution < 1.29 is 9.51 Å². The Morgan fingerprint density at radius 3 is 2.42 bits per heavy atom. The number of hydrogen-bond donors (Lipinski definition) is 2. The molecule has 1 aliphatic heterocycles. The van der Waals surface area contributed by atoms with Crippen molar-refractivity contribution in [2.24, 2.45) is 0 Å². The summed E-state index contributed by atoms with van der Waals surface area (Å²) >= 11 is 0. The van der Waals surface area contributed by atoms with Gasteiger partial charge in [-0.15, -0.1) is 0 Å². The molecule has 0 unspecified atom stereocenters. The molecule has 9 rings (SSSR count). The van der Waals surface area contributed by atoms with Crippen LogP contribution in [-0.2, 0) is 6.54 Å². The van der Waals surface area contributed by atoms with Crippen LogP contribution >= 0.6 is 0 Å². The fourth-order valence-corrected chi connectivity index (χ4v) is 7.01. The summed E-state index contributed by atoms with van der Waals surface area (Å²) in [4.78, 5) is 16.9. The fourth-order valence-electron chi connectivity index (χ4n) is 7.01. The van der Waals surface area contributed by atoms with Crippen LogP contribution in [0.25, 0.3) is 56.1 Å². The number of aromatic nitrogens is 8. The summed E-state index contributed by atoms with van der Waals surface area (Å²) in [5, 5.41) is 23.8. The highest BCUT2D eigenvalue weighted by Gasteiger charge is 2.25. The van der Waals surface area contributed by atoms with Crippen molar-refractivity contribution in [2.75, 3.05) is 13.1 Å². The molecule has 1 saturated heterocycles. The van der Waals surface area contributed by atoms with E-state index in [0.717, 1.165) is 82.9 Å². The molecule has 0 atom stereocenters. The Morgan fingerprint density at radius 1 is 0.820 bits per heavy atom. The molecule has 6 heterocycles. The van der Waals surface area contributed by atoms with E-state index in [9.17, 15) is 5.11 Å². The van der Waals surface area contributed by atoms with Crippen molar-refractivity contribution in [2.45, 2.75) is 25.3 Å². The Morgan fingerprint density at radius 2 is 1.62 bits per heavy atom. The van der Waals surface area contributed by atoms with Gasteiger partial charge in [0, 0.05) is 34.9 Å². The molecule has 5 aromatic heterocycles. The lowest BCUT2D eigenvalue weighted by Crippen LogP contribution is -2.32. The van der Waals surface area contributed by atoms with E-state index in [1.165, 1.54) is 5.56 Å². The number of likely N-dealkylation sites (tertiary alicyclic amines) is 1. The Kier molecular flexibility index (Phi) is 7.55. The van der Waals surface area contributed by atoms with Crippen molar-refractivity contribution >= 4 is 16.6 Å². The molecule has 0 saturated carbocycles. The molecule has 10 nitrogen and oxygen atoms in total. The number of fused-ring (bicyclic) bond motifs is 3. The van der Waals surface area contributed by atoms with E-state index in [4.69, 9.17) is 9.97 Å². The number of benzene rings is 3. The van der Waals surface area contributed by atoms with Gasteiger partial charge in [-0.1, -0.05) is 77.5 Å². The van der Waals surface area contributed by atoms with Crippen LogP contribution in [0.2, 0.25) is 0 Å². The summed E-state index contributed by atoms with van der Waals surface area (Å²) in [6.07, 6.45) is 7.56. The highest BCUT2D eigenvalue weighted by atomic mass is 16.3. The van der Waals surface area contributed by atoms with Crippen LogP contribution < -0.4 is 4.40 Å². The summed E-state index contributed by atoms with van der Waals surface area (Å²) in [5.41, 5.74) is 8.45. The number of aromatic amines is 1. The number of nitrogens with zero attached hydrogens (tertiary/aromatic N) is 8. The van der Waals surface area contributed by atoms with Gasteiger partial charge in [-0.2, -0.15) is 5.10 Å². The third-order valence-corrected chi connectivity index (χ3v) is 9.62. The molecule has 244 valence electrons. The van der Waals surface area contributed by atoms with E-state index in [-0.39, 0.29) is 5.75 Å². The number of aromatic hydroxyl groups is 1. The number of nitrogens with one attached hydrogen (secondary N) is 1. The average Bonchev–Trinajstić information content (AvgIpc) is 3.85. The molecule has 0 amide bonds. The normalized spacial score (nSPS) is 14.1. The van der Waals surface area contributed by atoms with Crippen molar-refractivity contribution in [3.63, 3.8) is 0 Å². The first kappa shape index (κ1) is 29.8. The molecule has 8 aromatic rings. The first-order chi connectivity index (χ1) is 24.7. The van der Waals surface area contributed by atoms with Gasteiger partial charge in [0.2, 0.25) is 0 Å². The number of rotatable bonds is 7. The molecular formula is C40H34N9O+. The number of pyridine rings is 3. The molecule has 0 radical (unpaired) electrons. The van der Waals surface area contributed by atoms with E-state index in [0.29, 0.717) is 17.4 Å². The summed E-state index contributed by atoms with van der Waals surface area (Å²) in [7, 11) is 0. The number of piperidine rings is 1. The van der Waals surface area contributed by atoms with Crippen molar-refractivity contribution in [1.82, 2.24) is 39.8 Å². The standard InChI is InChI=1S/C40H33N9O/c50-36-12-5-4-11-35(36)49-40-32-24-31(28-8-2-1-3-9-28)37(43-33(32)19-23-48(40)26-42-49)29-15-13-27(14-16-29)25-47-21-17-30(18-22-47)38-44-39(46-45-38)34-10-6-7-20-41-34/h1-16,19-20,23-24,26,30H,17-18,21-22,25H2,(H-,41,44,45,46,50)/p+1. The van der Waals surface area contributed by atoms with Gasteiger partial charge in [-0.25, -0.2) is 14.4 Å². The SMILES string of the molecule is Oc1ccccc1-n1nc[n+]2ccc3nc(-c4ccc(CN5CCC(c6nc(-c7ccccn7)n[nH]6)CC5)cc4)c(-c4ccccc4)cc3c12. The van der Waals surface area contributed by atoms with Gasteiger partial charge in [0.15, 0.2) is 17.3 Å². The molecule has 50 heavy (non-hydrogen) atoms. The topological polar surface area (TPSA) is 113 Å². The average molecular weight is 657 g/mol. The van der Waals surface area contributed by atoms with Crippen molar-refractivity contribution in [3.8, 4) is 45.3 Å². The van der Waals surface area contributed by atoms with Crippen LogP contribution in [0, 0.1) is 0 Å². The van der Waals surface area contributed by atoms with Gasteiger partial charge in [0.1, 0.15) is 11.5 Å². The molecule has 2 N–H and O–H groups in total. The van der Waals surface area contributed by atoms with E-state index in [2.05, 4.69) is 79.8 Å². The Bertz CT molecular complexity index is 2430. The molecule has 10 heteroatoms. The van der Waals surface area contributed by atoms with E-state index in [1.54, 1.807) is 23.3 Å². The lowest BCUT2D eigenvalue weighted by molar-refractivity contribution is -0.511. The minimum absolute atomic E-state index is 0.164. The van der Waals surface area contributed by atoms with Gasteiger partial charge in [-0.3, -0.25) is 15.0 Å². The van der Waals surface area contributed by atoms with Crippen LogP contribution in [0.3, 0.4) is 0 Å². The summed E-state index contributed by atoms with van der Waals surface area (Å²) in [6.45, 7) is 2.89. The van der Waals surface area contributed by atoms with Gasteiger partial charge in [0.25, 0.3) is 12.0 Å². The molecule has 1 fully saturated rings. The number of phenols is 1. The summed E-state index contributed by atoms with van der Waals surface area (Å²) < 4.78 is 3.74. The predicted octanol–water partition coefficient (Wildman–Crippen LogP) is 6.76. The number of phenolic OH excluding ortho intramolecular Hbond substituents is 1. The lowest BCUT2D eigenvalue weighted by atomic mass is 9.95. The van der Waals surface area contributed by atoms with Crippen LogP contribution in [0.4, 0.5) is 0 Å². The van der Waals surface area contributed by atoms with Crippen molar-refractivity contribution in [3.05, 3.63) is 139 Å². The summed E-state index contributed by atoms with van der Waals surface area (Å²) in [6, 6.07) is 36.5. The lowest BCUT2D eigenvalue weighted by Gasteiger charge is -2.31. The van der Waals surface area contributed by atoms with E-state index >= 15 is 0 Å². The first-order valence-electron chi connectivity index (χ1n) is 16.9. The second-order valence-corrected chi connectivity index (χ2v) is 12.8. The molecule has 3 aromatic carbocycles. The van der Waals surface area contributed by atoms with Crippen LogP contribution in [-0.4, -0.2) is 58.0 Å². The van der Waals surface area contributed by atoms with E-state index < -0.39 is 0 Å². The smallest absolute Gasteiger partial charge is 0.280 e. The third kappa shape index (κ3) is 5.55.